The molecule has 2 aromatic carbocycles. The first-order valence-corrected chi connectivity index (χ1v) is 6.57. The van der Waals surface area contributed by atoms with Gasteiger partial charge in [-0.05, 0) is 42.0 Å². The molecule has 2 nitrogen and oxygen atoms in total. The second-order valence-corrected chi connectivity index (χ2v) is 4.86. The molecule has 0 aliphatic heterocycles. The SMILES string of the molecule is NCC(Oc1ccc(C(F)(F)F)cc1)c1cccc(Cl)c1. The van der Waals surface area contributed by atoms with Gasteiger partial charge in [0.25, 0.3) is 0 Å². The third-order valence-electron chi connectivity index (χ3n) is 2.89. The molecular formula is C15H13ClF3NO. The lowest BCUT2D eigenvalue weighted by molar-refractivity contribution is -0.137. The van der Waals surface area contributed by atoms with E-state index in [0.29, 0.717) is 10.8 Å². The van der Waals surface area contributed by atoms with Crippen LogP contribution in [0, 0.1) is 0 Å². The summed E-state index contributed by atoms with van der Waals surface area (Å²) >= 11 is 5.90. The highest BCUT2D eigenvalue weighted by molar-refractivity contribution is 6.30. The second kappa shape index (κ2) is 6.37. The first-order valence-electron chi connectivity index (χ1n) is 6.19. The third-order valence-corrected chi connectivity index (χ3v) is 3.13. The Morgan fingerprint density at radius 3 is 2.29 bits per heavy atom. The van der Waals surface area contributed by atoms with Crippen LogP contribution in [0.1, 0.15) is 17.2 Å². The van der Waals surface area contributed by atoms with E-state index >= 15 is 0 Å². The molecule has 1 atom stereocenters. The minimum absolute atomic E-state index is 0.182. The number of alkyl halides is 3. The fraction of sp³-hybridized carbons (Fsp3) is 0.200. The molecule has 0 spiro atoms. The van der Waals surface area contributed by atoms with E-state index < -0.39 is 17.8 Å². The molecule has 0 heterocycles. The summed E-state index contributed by atoms with van der Waals surface area (Å²) in [4.78, 5) is 0. The van der Waals surface area contributed by atoms with Crippen LogP contribution in [0.15, 0.2) is 48.5 Å². The van der Waals surface area contributed by atoms with Crippen LogP contribution in [0.2, 0.25) is 5.02 Å². The van der Waals surface area contributed by atoms with Gasteiger partial charge in [0, 0.05) is 11.6 Å². The number of ether oxygens (including phenoxy) is 1. The quantitative estimate of drug-likeness (QED) is 0.905. The molecule has 2 rings (SSSR count). The predicted molar refractivity (Wildman–Crippen MR) is 75.3 cm³/mol. The molecule has 2 N–H and O–H groups in total. The standard InChI is InChI=1S/C15H13ClF3NO/c16-12-3-1-2-10(8-12)14(9-20)21-13-6-4-11(5-7-13)15(17,18)19/h1-8,14H,9,20H2. The van der Waals surface area contributed by atoms with Gasteiger partial charge in [0.05, 0.1) is 5.56 Å². The number of rotatable bonds is 4. The largest absolute Gasteiger partial charge is 0.484 e. The van der Waals surface area contributed by atoms with Gasteiger partial charge in [-0.3, -0.25) is 0 Å². The van der Waals surface area contributed by atoms with Crippen LogP contribution in [-0.4, -0.2) is 6.54 Å². The van der Waals surface area contributed by atoms with Crippen LogP contribution in [0.3, 0.4) is 0 Å². The minimum Gasteiger partial charge on any atom is -0.484 e. The van der Waals surface area contributed by atoms with E-state index in [4.69, 9.17) is 22.1 Å². The smallest absolute Gasteiger partial charge is 0.416 e. The van der Waals surface area contributed by atoms with Gasteiger partial charge < -0.3 is 10.5 Å². The Hall–Kier alpha value is -1.72. The molecule has 0 amide bonds. The molecule has 0 saturated heterocycles. The van der Waals surface area contributed by atoms with E-state index in [1.165, 1.54) is 12.1 Å². The molecule has 0 saturated carbocycles. The maximum atomic E-state index is 12.5. The van der Waals surface area contributed by atoms with E-state index in [0.717, 1.165) is 17.7 Å². The Labute approximate surface area is 125 Å². The molecule has 0 bridgehead atoms. The lowest BCUT2D eigenvalue weighted by atomic mass is 10.1. The Morgan fingerprint density at radius 2 is 1.76 bits per heavy atom. The van der Waals surface area contributed by atoms with E-state index in [9.17, 15) is 13.2 Å². The van der Waals surface area contributed by atoms with Crippen molar-refractivity contribution >= 4 is 11.6 Å². The Bertz CT molecular complexity index is 599. The Balaban J connectivity index is 2.15. The zero-order valence-corrected chi connectivity index (χ0v) is 11.7. The number of halogens is 4. The van der Waals surface area contributed by atoms with Crippen molar-refractivity contribution in [2.24, 2.45) is 5.73 Å². The van der Waals surface area contributed by atoms with Gasteiger partial charge in [0.15, 0.2) is 0 Å². The second-order valence-electron chi connectivity index (χ2n) is 4.42. The van der Waals surface area contributed by atoms with E-state index in [-0.39, 0.29) is 6.54 Å². The summed E-state index contributed by atoms with van der Waals surface area (Å²) in [6.45, 7) is 0.182. The Kier molecular flexibility index (Phi) is 4.75. The molecule has 0 radical (unpaired) electrons. The first-order chi connectivity index (χ1) is 9.90. The van der Waals surface area contributed by atoms with Gasteiger partial charge in [-0.25, -0.2) is 0 Å². The summed E-state index contributed by atoms with van der Waals surface area (Å²) in [7, 11) is 0. The third kappa shape index (κ3) is 4.12. The van der Waals surface area contributed by atoms with Crippen LogP contribution in [0.4, 0.5) is 13.2 Å². The number of benzene rings is 2. The summed E-state index contributed by atoms with van der Waals surface area (Å²) in [5.74, 6) is 0.318. The maximum Gasteiger partial charge on any atom is 0.416 e. The molecular weight excluding hydrogens is 303 g/mol. The number of nitrogens with two attached hydrogens (primary N) is 1. The average Bonchev–Trinajstić information content (AvgIpc) is 2.44. The molecule has 0 aliphatic rings. The fourth-order valence-corrected chi connectivity index (χ4v) is 2.04. The van der Waals surface area contributed by atoms with Crippen molar-refractivity contribution in [3.8, 4) is 5.75 Å². The zero-order valence-electron chi connectivity index (χ0n) is 10.9. The van der Waals surface area contributed by atoms with Crippen molar-refractivity contribution in [2.75, 3.05) is 6.54 Å². The molecule has 2 aromatic rings. The normalized spacial score (nSPS) is 13.0. The summed E-state index contributed by atoms with van der Waals surface area (Å²) in [6, 6.07) is 11.5. The van der Waals surface area contributed by atoms with Crippen molar-refractivity contribution < 1.29 is 17.9 Å². The average molecular weight is 316 g/mol. The monoisotopic (exact) mass is 315 g/mol. The number of hydrogen-bond donors (Lipinski definition) is 1. The van der Waals surface area contributed by atoms with Gasteiger partial charge >= 0.3 is 6.18 Å². The highest BCUT2D eigenvalue weighted by atomic mass is 35.5. The summed E-state index contributed by atoms with van der Waals surface area (Å²) in [5, 5.41) is 0.543. The van der Waals surface area contributed by atoms with Gasteiger partial charge in [-0.15, -0.1) is 0 Å². The van der Waals surface area contributed by atoms with Crippen molar-refractivity contribution in [1.29, 1.82) is 0 Å². The molecule has 0 aromatic heterocycles. The van der Waals surface area contributed by atoms with Gasteiger partial charge in [-0.1, -0.05) is 23.7 Å². The van der Waals surface area contributed by atoms with Crippen molar-refractivity contribution in [3.05, 3.63) is 64.7 Å². The van der Waals surface area contributed by atoms with Crippen molar-refractivity contribution in [2.45, 2.75) is 12.3 Å². The molecule has 21 heavy (non-hydrogen) atoms. The van der Waals surface area contributed by atoms with E-state index in [2.05, 4.69) is 0 Å². The van der Waals surface area contributed by atoms with E-state index in [1.54, 1.807) is 24.3 Å². The lowest BCUT2D eigenvalue weighted by Crippen LogP contribution is -2.18. The van der Waals surface area contributed by atoms with Crippen molar-refractivity contribution in [3.63, 3.8) is 0 Å². The van der Waals surface area contributed by atoms with E-state index in [1.807, 2.05) is 0 Å². The fourth-order valence-electron chi connectivity index (χ4n) is 1.85. The summed E-state index contributed by atoms with van der Waals surface area (Å²) in [6.07, 6.45) is -4.83. The van der Waals surface area contributed by atoms with Crippen LogP contribution in [0.25, 0.3) is 0 Å². The Morgan fingerprint density at radius 1 is 1.10 bits per heavy atom. The molecule has 6 heteroatoms. The van der Waals surface area contributed by atoms with Crippen LogP contribution < -0.4 is 10.5 Å². The van der Waals surface area contributed by atoms with Crippen LogP contribution >= 0.6 is 11.6 Å². The highest BCUT2D eigenvalue weighted by Gasteiger charge is 2.30. The molecule has 112 valence electrons. The maximum absolute atomic E-state index is 12.5. The van der Waals surface area contributed by atoms with Crippen LogP contribution in [0.5, 0.6) is 5.75 Å². The highest BCUT2D eigenvalue weighted by Crippen LogP contribution is 2.31. The minimum atomic E-state index is -4.36. The predicted octanol–water partition coefficient (Wildman–Crippen LogP) is 4.44. The number of hydrogen-bond acceptors (Lipinski definition) is 2. The van der Waals surface area contributed by atoms with Crippen LogP contribution in [-0.2, 0) is 6.18 Å². The first kappa shape index (κ1) is 15.7. The zero-order chi connectivity index (χ0) is 15.5. The molecule has 1 unspecified atom stereocenters. The summed E-state index contributed by atoms with van der Waals surface area (Å²) in [5.41, 5.74) is 5.70. The van der Waals surface area contributed by atoms with Crippen molar-refractivity contribution in [1.82, 2.24) is 0 Å². The molecule has 0 aliphatic carbocycles. The topological polar surface area (TPSA) is 35.2 Å². The van der Waals surface area contributed by atoms with Gasteiger partial charge in [0.2, 0.25) is 0 Å². The lowest BCUT2D eigenvalue weighted by Gasteiger charge is -2.18. The van der Waals surface area contributed by atoms with Gasteiger partial charge in [-0.2, -0.15) is 13.2 Å². The molecule has 0 fully saturated rings. The summed E-state index contributed by atoms with van der Waals surface area (Å²) < 4.78 is 43.1. The van der Waals surface area contributed by atoms with Gasteiger partial charge in [0.1, 0.15) is 11.9 Å².